The van der Waals surface area contributed by atoms with Crippen molar-refractivity contribution in [2.75, 3.05) is 5.73 Å². The molecule has 0 spiro atoms. The molecule has 0 aliphatic rings. The fourth-order valence-electron chi connectivity index (χ4n) is 1.57. The lowest BCUT2D eigenvalue weighted by atomic mass is 10.2. The Balaban J connectivity index is 2.14. The molecule has 0 saturated heterocycles. The molecule has 1 unspecified atom stereocenters. The summed E-state index contributed by atoms with van der Waals surface area (Å²) < 4.78 is 5.79. The first kappa shape index (κ1) is 11.4. The van der Waals surface area contributed by atoms with Crippen LogP contribution in [0.5, 0.6) is 5.75 Å². The molecule has 0 bridgehead atoms. The maximum Gasteiger partial charge on any atom is 0.220 e. The normalized spacial score (nSPS) is 12.1. The van der Waals surface area contributed by atoms with Crippen LogP contribution < -0.4 is 10.5 Å². The number of nitrogens with zero attached hydrogens (tertiary/aromatic N) is 2. The minimum absolute atomic E-state index is 0.151. The highest BCUT2D eigenvalue weighted by Gasteiger charge is 2.09. The summed E-state index contributed by atoms with van der Waals surface area (Å²) in [5, 5.41) is 0. The smallest absolute Gasteiger partial charge is 0.220 e. The molecule has 1 aromatic heterocycles. The van der Waals surface area contributed by atoms with Crippen LogP contribution in [-0.4, -0.2) is 9.97 Å². The molecule has 0 radical (unpaired) electrons. The molecule has 0 aliphatic heterocycles. The van der Waals surface area contributed by atoms with Crippen LogP contribution >= 0.6 is 0 Å². The van der Waals surface area contributed by atoms with Crippen LogP contribution in [0.1, 0.15) is 24.3 Å². The molecule has 2 N–H and O–H groups in total. The molecule has 4 nitrogen and oxygen atoms in total. The van der Waals surface area contributed by atoms with Crippen LogP contribution in [0, 0.1) is 6.92 Å². The molecule has 2 aromatic rings. The van der Waals surface area contributed by atoms with Gasteiger partial charge >= 0.3 is 0 Å². The molecule has 1 atom stereocenters. The number of hydrogen-bond donors (Lipinski definition) is 1. The first-order valence-corrected chi connectivity index (χ1v) is 5.47. The lowest BCUT2D eigenvalue weighted by Gasteiger charge is -2.14. The van der Waals surface area contributed by atoms with Gasteiger partial charge < -0.3 is 10.5 Å². The highest BCUT2D eigenvalue weighted by Crippen LogP contribution is 2.21. The van der Waals surface area contributed by atoms with Crippen molar-refractivity contribution in [3.8, 4) is 5.75 Å². The average Bonchev–Trinajstić information content (AvgIpc) is 2.29. The molecule has 0 saturated carbocycles. The quantitative estimate of drug-likeness (QED) is 0.878. The Morgan fingerprint density at radius 3 is 2.82 bits per heavy atom. The molecule has 88 valence electrons. The maximum absolute atomic E-state index is 5.79. The number of nitrogen functional groups attached to an aromatic ring is 1. The molecule has 2 rings (SSSR count). The Morgan fingerprint density at radius 2 is 2.12 bits per heavy atom. The molecular formula is C13H15N3O. The lowest BCUT2D eigenvalue weighted by Crippen LogP contribution is -2.07. The van der Waals surface area contributed by atoms with E-state index in [1.807, 2.05) is 38.1 Å². The zero-order valence-electron chi connectivity index (χ0n) is 9.92. The van der Waals surface area contributed by atoms with E-state index in [0.29, 0.717) is 0 Å². The van der Waals surface area contributed by atoms with Gasteiger partial charge in [0.15, 0.2) is 0 Å². The summed E-state index contributed by atoms with van der Waals surface area (Å²) >= 11 is 0. The number of aryl methyl sites for hydroxylation is 1. The summed E-state index contributed by atoms with van der Waals surface area (Å²) in [7, 11) is 0. The summed E-state index contributed by atoms with van der Waals surface area (Å²) in [6.45, 7) is 3.96. The Labute approximate surface area is 100 Å². The van der Waals surface area contributed by atoms with Gasteiger partial charge in [-0.2, -0.15) is 0 Å². The van der Waals surface area contributed by atoms with Crippen LogP contribution in [-0.2, 0) is 0 Å². The minimum atomic E-state index is -0.151. The first-order chi connectivity index (χ1) is 8.15. The monoisotopic (exact) mass is 229 g/mol. The third-order valence-electron chi connectivity index (χ3n) is 2.41. The van der Waals surface area contributed by atoms with Crippen molar-refractivity contribution in [1.82, 2.24) is 9.97 Å². The summed E-state index contributed by atoms with van der Waals surface area (Å²) in [4.78, 5) is 7.99. The van der Waals surface area contributed by atoms with Gasteiger partial charge in [0.05, 0.1) is 5.69 Å². The fourth-order valence-corrected chi connectivity index (χ4v) is 1.57. The van der Waals surface area contributed by atoms with Crippen molar-refractivity contribution in [3.63, 3.8) is 0 Å². The van der Waals surface area contributed by atoms with Crippen LogP contribution in [0.3, 0.4) is 0 Å². The van der Waals surface area contributed by atoms with Gasteiger partial charge in [-0.3, -0.25) is 0 Å². The zero-order chi connectivity index (χ0) is 12.3. The summed E-state index contributed by atoms with van der Waals surface area (Å²) in [5.41, 5.74) is 7.48. The van der Waals surface area contributed by atoms with E-state index < -0.39 is 0 Å². The topological polar surface area (TPSA) is 61.0 Å². The van der Waals surface area contributed by atoms with Crippen LogP contribution in [0.2, 0.25) is 0 Å². The number of rotatable bonds is 3. The van der Waals surface area contributed by atoms with Gasteiger partial charge in [0.1, 0.15) is 11.9 Å². The van der Waals surface area contributed by atoms with E-state index in [2.05, 4.69) is 9.97 Å². The third kappa shape index (κ3) is 2.93. The van der Waals surface area contributed by atoms with Crippen molar-refractivity contribution < 1.29 is 4.74 Å². The Kier molecular flexibility index (Phi) is 3.23. The maximum atomic E-state index is 5.79. The van der Waals surface area contributed by atoms with E-state index in [1.54, 1.807) is 12.3 Å². The molecule has 1 heterocycles. The van der Waals surface area contributed by atoms with Gasteiger partial charge in [0, 0.05) is 6.20 Å². The SMILES string of the molecule is Cc1cccc(OC(C)c2ccnc(N)n2)c1. The van der Waals surface area contributed by atoms with Crippen molar-refractivity contribution in [1.29, 1.82) is 0 Å². The number of nitrogens with two attached hydrogens (primary N) is 1. The van der Waals surface area contributed by atoms with Gasteiger partial charge in [-0.1, -0.05) is 12.1 Å². The Morgan fingerprint density at radius 1 is 1.29 bits per heavy atom. The molecule has 17 heavy (non-hydrogen) atoms. The summed E-state index contributed by atoms with van der Waals surface area (Å²) in [6.07, 6.45) is 1.48. The molecule has 0 amide bonds. The van der Waals surface area contributed by atoms with Crippen LogP contribution in [0.4, 0.5) is 5.95 Å². The predicted molar refractivity (Wildman–Crippen MR) is 66.7 cm³/mol. The van der Waals surface area contributed by atoms with E-state index in [9.17, 15) is 0 Å². The third-order valence-corrected chi connectivity index (χ3v) is 2.41. The number of ether oxygens (including phenoxy) is 1. The van der Waals surface area contributed by atoms with Gasteiger partial charge in [0.2, 0.25) is 5.95 Å². The fraction of sp³-hybridized carbons (Fsp3) is 0.231. The summed E-state index contributed by atoms with van der Waals surface area (Å²) in [5.74, 6) is 1.09. The number of benzene rings is 1. The van der Waals surface area contributed by atoms with Gasteiger partial charge in [0.25, 0.3) is 0 Å². The van der Waals surface area contributed by atoms with E-state index in [4.69, 9.17) is 10.5 Å². The second kappa shape index (κ2) is 4.82. The average molecular weight is 229 g/mol. The van der Waals surface area contributed by atoms with Crippen molar-refractivity contribution in [2.45, 2.75) is 20.0 Å². The Hall–Kier alpha value is -2.10. The van der Waals surface area contributed by atoms with E-state index in [-0.39, 0.29) is 12.1 Å². The summed E-state index contributed by atoms with van der Waals surface area (Å²) in [6, 6.07) is 9.71. The van der Waals surface area contributed by atoms with Crippen LogP contribution in [0.25, 0.3) is 0 Å². The van der Waals surface area contributed by atoms with Gasteiger partial charge in [-0.05, 0) is 37.6 Å². The van der Waals surface area contributed by atoms with Gasteiger partial charge in [-0.15, -0.1) is 0 Å². The molecular weight excluding hydrogens is 214 g/mol. The van der Waals surface area contributed by atoms with Crippen LogP contribution in [0.15, 0.2) is 36.5 Å². The second-order valence-electron chi connectivity index (χ2n) is 3.92. The zero-order valence-corrected chi connectivity index (χ0v) is 9.92. The first-order valence-electron chi connectivity index (χ1n) is 5.47. The molecule has 0 fully saturated rings. The molecule has 1 aromatic carbocycles. The number of aromatic nitrogens is 2. The van der Waals surface area contributed by atoms with E-state index in [0.717, 1.165) is 17.0 Å². The predicted octanol–water partition coefficient (Wildman–Crippen LogP) is 2.51. The largest absolute Gasteiger partial charge is 0.484 e. The van der Waals surface area contributed by atoms with Crippen molar-refractivity contribution in [3.05, 3.63) is 47.8 Å². The standard InChI is InChI=1S/C13H15N3O/c1-9-4-3-5-11(8-9)17-10(2)12-6-7-15-13(14)16-12/h3-8,10H,1-2H3,(H2,14,15,16). The van der Waals surface area contributed by atoms with E-state index in [1.165, 1.54) is 0 Å². The molecule has 0 aliphatic carbocycles. The van der Waals surface area contributed by atoms with Crippen molar-refractivity contribution >= 4 is 5.95 Å². The lowest BCUT2D eigenvalue weighted by molar-refractivity contribution is 0.222. The molecule has 4 heteroatoms. The highest BCUT2D eigenvalue weighted by molar-refractivity contribution is 5.28. The second-order valence-corrected chi connectivity index (χ2v) is 3.92. The number of hydrogen-bond acceptors (Lipinski definition) is 4. The minimum Gasteiger partial charge on any atom is -0.484 e. The number of anilines is 1. The Bertz CT molecular complexity index is 514. The highest BCUT2D eigenvalue weighted by atomic mass is 16.5. The van der Waals surface area contributed by atoms with Gasteiger partial charge in [-0.25, -0.2) is 9.97 Å². The van der Waals surface area contributed by atoms with Crippen molar-refractivity contribution in [2.24, 2.45) is 0 Å². The van der Waals surface area contributed by atoms with E-state index >= 15 is 0 Å².